The number of esters is 1. The molecule has 130 valence electrons. The highest BCUT2D eigenvalue weighted by Gasteiger charge is 2.31. The lowest BCUT2D eigenvalue weighted by molar-refractivity contribution is -0.137. The van der Waals surface area contributed by atoms with Crippen molar-refractivity contribution < 1.29 is 27.4 Å². The third-order valence-electron chi connectivity index (χ3n) is 3.72. The summed E-state index contributed by atoms with van der Waals surface area (Å²) in [6.07, 6.45) is -2.44. The number of H-pyrrole nitrogens is 1. The Bertz CT molecular complexity index is 735. The number of hydrogen-bond donors (Lipinski definition) is 1. The smallest absolute Gasteiger partial charge is 0.416 e. The van der Waals surface area contributed by atoms with E-state index in [2.05, 4.69) is 4.98 Å². The lowest BCUT2D eigenvalue weighted by atomic mass is 10.0. The van der Waals surface area contributed by atoms with E-state index in [9.17, 15) is 18.0 Å². The summed E-state index contributed by atoms with van der Waals surface area (Å²) in [5, 5.41) is 0. The third kappa shape index (κ3) is 3.72. The molecule has 0 spiro atoms. The number of halogens is 3. The Labute approximate surface area is 137 Å². The Morgan fingerprint density at radius 3 is 2.54 bits per heavy atom. The van der Waals surface area contributed by atoms with Gasteiger partial charge in [-0.15, -0.1) is 0 Å². The first kappa shape index (κ1) is 17.9. The van der Waals surface area contributed by atoms with E-state index in [1.807, 2.05) is 0 Å². The molecule has 0 amide bonds. The fraction of sp³-hybridized carbons (Fsp3) is 0.353. The van der Waals surface area contributed by atoms with Crippen LogP contribution in [-0.2, 0) is 17.3 Å². The van der Waals surface area contributed by atoms with Crippen molar-refractivity contribution in [2.24, 2.45) is 0 Å². The first-order valence-corrected chi connectivity index (χ1v) is 7.36. The van der Waals surface area contributed by atoms with Crippen LogP contribution in [0, 0.1) is 6.92 Å². The Balaban J connectivity index is 2.30. The van der Waals surface area contributed by atoms with Crippen molar-refractivity contribution in [3.05, 3.63) is 52.3 Å². The summed E-state index contributed by atoms with van der Waals surface area (Å²) >= 11 is 0. The summed E-state index contributed by atoms with van der Waals surface area (Å²) in [6, 6.07) is 3.38. The van der Waals surface area contributed by atoms with E-state index in [1.165, 1.54) is 13.2 Å². The van der Waals surface area contributed by atoms with Gasteiger partial charge >= 0.3 is 12.1 Å². The minimum atomic E-state index is -4.42. The van der Waals surface area contributed by atoms with Gasteiger partial charge in [-0.25, -0.2) is 4.79 Å². The second-order valence-corrected chi connectivity index (χ2v) is 5.24. The van der Waals surface area contributed by atoms with Gasteiger partial charge in [0.15, 0.2) is 0 Å². The normalized spacial score (nSPS) is 11.4. The van der Waals surface area contributed by atoms with Gasteiger partial charge in [0.25, 0.3) is 0 Å². The lowest BCUT2D eigenvalue weighted by Crippen LogP contribution is -2.07. The van der Waals surface area contributed by atoms with Crippen molar-refractivity contribution in [3.8, 4) is 5.75 Å². The van der Waals surface area contributed by atoms with Gasteiger partial charge in [-0.05, 0) is 42.7 Å². The molecular formula is C17H18F3NO3. The van der Waals surface area contributed by atoms with E-state index < -0.39 is 17.7 Å². The van der Waals surface area contributed by atoms with Gasteiger partial charge < -0.3 is 14.5 Å². The summed E-state index contributed by atoms with van der Waals surface area (Å²) in [5.74, 6) is -0.302. The van der Waals surface area contributed by atoms with Gasteiger partial charge in [-0.3, -0.25) is 0 Å². The number of rotatable bonds is 5. The molecule has 0 aliphatic heterocycles. The summed E-state index contributed by atoms with van der Waals surface area (Å²) in [6.45, 7) is 3.73. The van der Waals surface area contributed by atoms with Crippen LogP contribution in [0.15, 0.2) is 24.4 Å². The Morgan fingerprint density at radius 1 is 1.25 bits per heavy atom. The summed E-state index contributed by atoms with van der Waals surface area (Å²) < 4.78 is 48.4. The summed E-state index contributed by atoms with van der Waals surface area (Å²) in [4.78, 5) is 14.7. The Hall–Kier alpha value is -2.44. The van der Waals surface area contributed by atoms with Gasteiger partial charge in [0.2, 0.25) is 0 Å². The maximum Gasteiger partial charge on any atom is 0.416 e. The predicted octanol–water partition coefficient (Wildman–Crippen LogP) is 4.12. The topological polar surface area (TPSA) is 51.3 Å². The van der Waals surface area contributed by atoms with Gasteiger partial charge in [0.1, 0.15) is 11.4 Å². The minimum Gasteiger partial charge on any atom is -0.496 e. The standard InChI is InChI=1S/C17H18F3NO3/c1-4-24-16(22)15-10(2)12(9-21-15)7-11-5-6-13(17(18,19)20)8-14(11)23-3/h5-6,8-9,21H,4,7H2,1-3H3. The molecule has 2 rings (SSSR count). The van der Waals surface area contributed by atoms with Crippen LogP contribution in [0.4, 0.5) is 13.2 Å². The summed E-state index contributed by atoms with van der Waals surface area (Å²) in [5.41, 5.74) is 1.67. The van der Waals surface area contributed by atoms with Crippen LogP contribution in [0.1, 0.15) is 39.7 Å². The van der Waals surface area contributed by atoms with E-state index in [0.29, 0.717) is 23.2 Å². The maximum absolute atomic E-state index is 12.8. The molecule has 0 bridgehead atoms. The third-order valence-corrected chi connectivity index (χ3v) is 3.72. The van der Waals surface area contributed by atoms with Crippen LogP contribution in [-0.4, -0.2) is 24.7 Å². The largest absolute Gasteiger partial charge is 0.496 e. The van der Waals surface area contributed by atoms with Crippen LogP contribution in [0.25, 0.3) is 0 Å². The molecule has 0 saturated carbocycles. The number of carbonyl (C=O) groups is 1. The number of nitrogens with one attached hydrogen (secondary N) is 1. The van der Waals surface area contributed by atoms with E-state index in [0.717, 1.165) is 17.7 Å². The quantitative estimate of drug-likeness (QED) is 0.833. The molecule has 0 aliphatic carbocycles. The number of hydrogen-bond acceptors (Lipinski definition) is 3. The van der Waals surface area contributed by atoms with Gasteiger partial charge in [-0.2, -0.15) is 13.2 Å². The van der Waals surface area contributed by atoms with E-state index >= 15 is 0 Å². The van der Waals surface area contributed by atoms with Crippen LogP contribution < -0.4 is 4.74 Å². The molecule has 24 heavy (non-hydrogen) atoms. The van der Waals surface area contributed by atoms with Gasteiger partial charge in [0, 0.05) is 12.6 Å². The number of alkyl halides is 3. The number of aromatic amines is 1. The first-order valence-electron chi connectivity index (χ1n) is 7.36. The molecule has 0 saturated heterocycles. The minimum absolute atomic E-state index is 0.156. The molecule has 0 unspecified atom stereocenters. The monoisotopic (exact) mass is 341 g/mol. The fourth-order valence-corrected chi connectivity index (χ4v) is 2.41. The number of carbonyl (C=O) groups excluding carboxylic acids is 1. The van der Waals surface area contributed by atoms with Crippen molar-refractivity contribution in [2.75, 3.05) is 13.7 Å². The number of methoxy groups -OCH3 is 1. The average Bonchev–Trinajstić information content (AvgIpc) is 2.88. The Kier molecular flexibility index (Phi) is 5.21. The van der Waals surface area contributed by atoms with Crippen molar-refractivity contribution in [1.29, 1.82) is 0 Å². The molecule has 0 radical (unpaired) electrons. The predicted molar refractivity (Wildman–Crippen MR) is 82.3 cm³/mol. The first-order chi connectivity index (χ1) is 11.3. The van der Waals surface area contributed by atoms with E-state index in [1.54, 1.807) is 20.0 Å². The average molecular weight is 341 g/mol. The second-order valence-electron chi connectivity index (χ2n) is 5.24. The van der Waals surface area contributed by atoms with Crippen LogP contribution >= 0.6 is 0 Å². The maximum atomic E-state index is 12.8. The van der Waals surface area contributed by atoms with E-state index in [4.69, 9.17) is 9.47 Å². The number of benzene rings is 1. The molecule has 1 aromatic carbocycles. The number of ether oxygens (including phenoxy) is 2. The zero-order valence-electron chi connectivity index (χ0n) is 13.6. The number of aromatic nitrogens is 1. The highest BCUT2D eigenvalue weighted by atomic mass is 19.4. The zero-order valence-corrected chi connectivity index (χ0v) is 13.6. The molecule has 1 heterocycles. The van der Waals surface area contributed by atoms with E-state index in [-0.39, 0.29) is 12.4 Å². The Morgan fingerprint density at radius 2 is 1.96 bits per heavy atom. The molecule has 7 heteroatoms. The molecule has 2 aromatic rings. The SMILES string of the molecule is CCOC(=O)c1[nH]cc(Cc2ccc(C(F)(F)F)cc2OC)c1C. The molecule has 1 N–H and O–H groups in total. The molecular weight excluding hydrogens is 323 g/mol. The van der Waals surface area contributed by atoms with Gasteiger partial charge in [-0.1, -0.05) is 6.07 Å². The molecule has 4 nitrogen and oxygen atoms in total. The highest BCUT2D eigenvalue weighted by Crippen LogP contribution is 2.34. The highest BCUT2D eigenvalue weighted by molar-refractivity contribution is 5.89. The van der Waals surface area contributed by atoms with Crippen molar-refractivity contribution in [1.82, 2.24) is 4.98 Å². The van der Waals surface area contributed by atoms with Crippen molar-refractivity contribution in [2.45, 2.75) is 26.4 Å². The van der Waals surface area contributed by atoms with Crippen molar-refractivity contribution in [3.63, 3.8) is 0 Å². The van der Waals surface area contributed by atoms with Crippen molar-refractivity contribution >= 4 is 5.97 Å². The fourth-order valence-electron chi connectivity index (χ4n) is 2.41. The van der Waals surface area contributed by atoms with Crippen LogP contribution in [0.5, 0.6) is 5.75 Å². The molecule has 0 fully saturated rings. The molecule has 1 aromatic heterocycles. The molecule has 0 atom stereocenters. The lowest BCUT2D eigenvalue weighted by Gasteiger charge is -2.12. The van der Waals surface area contributed by atoms with Gasteiger partial charge in [0.05, 0.1) is 19.3 Å². The zero-order chi connectivity index (χ0) is 17.9. The molecule has 0 aliphatic rings. The second kappa shape index (κ2) is 6.98. The van der Waals surface area contributed by atoms with Crippen LogP contribution in [0.3, 0.4) is 0 Å². The summed E-state index contributed by atoms with van der Waals surface area (Å²) in [7, 11) is 1.33. The van der Waals surface area contributed by atoms with Crippen LogP contribution in [0.2, 0.25) is 0 Å².